The maximum absolute atomic E-state index is 9.35. The van der Waals surface area contributed by atoms with Gasteiger partial charge in [-0.15, -0.1) is 0 Å². The third-order valence-electron chi connectivity index (χ3n) is 3.19. The van der Waals surface area contributed by atoms with E-state index in [-0.39, 0.29) is 0 Å². The van der Waals surface area contributed by atoms with Gasteiger partial charge in [0.05, 0.1) is 0 Å². The average Bonchev–Trinajstić information content (AvgIpc) is 2.61. The molecule has 0 unspecified atom stereocenters. The molecule has 0 fully saturated rings. The minimum Gasteiger partial charge on any atom is -0.369 e. The molecule has 2 aromatic rings. The van der Waals surface area contributed by atoms with Gasteiger partial charge < -0.3 is 10.6 Å². The van der Waals surface area contributed by atoms with Gasteiger partial charge in [-0.1, -0.05) is 18.2 Å². The first-order valence-corrected chi connectivity index (χ1v) is 6.45. The number of nitriles is 1. The maximum Gasteiger partial charge on any atom is 0.172 e. The van der Waals surface area contributed by atoms with Crippen LogP contribution in [0.3, 0.4) is 0 Å². The largest absolute Gasteiger partial charge is 0.369 e. The molecule has 1 aliphatic rings. The van der Waals surface area contributed by atoms with Crippen LogP contribution >= 0.6 is 0 Å². The highest BCUT2D eigenvalue weighted by molar-refractivity contribution is 5.70. The van der Waals surface area contributed by atoms with Crippen molar-refractivity contribution in [3.05, 3.63) is 35.9 Å². The smallest absolute Gasteiger partial charge is 0.172 e. The molecular weight excluding hydrogens is 238 g/mol. The summed E-state index contributed by atoms with van der Waals surface area (Å²) in [6.07, 6.45) is 2.19. The normalized spacial score (nSPS) is 13.8. The van der Waals surface area contributed by atoms with Gasteiger partial charge in [0, 0.05) is 18.8 Å². The van der Waals surface area contributed by atoms with Crippen LogP contribution in [0.2, 0.25) is 0 Å². The van der Waals surface area contributed by atoms with Crippen molar-refractivity contribution in [2.24, 2.45) is 0 Å². The van der Waals surface area contributed by atoms with Crippen LogP contribution in [-0.2, 0) is 6.54 Å². The quantitative estimate of drug-likeness (QED) is 0.863. The number of aromatic nitrogens is 2. The predicted octanol–water partition coefficient (Wildman–Crippen LogP) is 2.70. The lowest BCUT2D eigenvalue weighted by molar-refractivity contribution is 0.595. The van der Waals surface area contributed by atoms with E-state index in [1.54, 1.807) is 0 Å². The Kier molecular flexibility index (Phi) is 3.07. The average molecular weight is 253 g/mol. The number of nitrogens with one attached hydrogen (secondary N) is 2. The molecule has 96 valence electrons. The second-order valence-electron chi connectivity index (χ2n) is 4.53. The van der Waals surface area contributed by atoms with Crippen molar-refractivity contribution in [2.75, 3.05) is 17.2 Å². The Balaban J connectivity index is 1.96. The predicted molar refractivity (Wildman–Crippen MR) is 74.4 cm³/mol. The van der Waals surface area contributed by atoms with Crippen LogP contribution in [0, 0.1) is 11.3 Å². The lowest BCUT2D eigenvalue weighted by Crippen LogP contribution is -2.04. The summed E-state index contributed by atoms with van der Waals surface area (Å²) in [6, 6.07) is 12.0. The van der Waals surface area contributed by atoms with E-state index in [9.17, 15) is 5.26 Å². The molecule has 2 N–H and O–H groups in total. The van der Waals surface area contributed by atoms with Crippen molar-refractivity contribution in [2.45, 2.75) is 19.4 Å². The molecule has 1 aromatic carbocycles. The summed E-state index contributed by atoms with van der Waals surface area (Å²) in [5.74, 6) is 1.46. The van der Waals surface area contributed by atoms with Crippen molar-refractivity contribution in [1.29, 1.82) is 5.26 Å². The van der Waals surface area contributed by atoms with E-state index in [1.165, 1.54) is 0 Å². The molecule has 5 nitrogen and oxygen atoms in total. The summed E-state index contributed by atoms with van der Waals surface area (Å²) in [5.41, 5.74) is 1.53. The standard InChI is InChI=1S/C14H15N5/c15-10-12-13(17-11-6-2-1-3-7-11)18-19-9-5-4-8-16-14(12)19/h1-3,6-7,16H,4-5,8-9H2,(H,17,18). The fraction of sp³-hybridized carbons (Fsp3) is 0.286. The van der Waals surface area contributed by atoms with E-state index in [0.29, 0.717) is 11.4 Å². The van der Waals surface area contributed by atoms with Crippen LogP contribution in [0.4, 0.5) is 17.3 Å². The van der Waals surface area contributed by atoms with Crippen LogP contribution in [-0.4, -0.2) is 16.3 Å². The second-order valence-corrected chi connectivity index (χ2v) is 4.53. The van der Waals surface area contributed by atoms with Crippen molar-refractivity contribution in [3.8, 4) is 6.07 Å². The molecule has 0 saturated heterocycles. The molecule has 2 heterocycles. The Bertz CT molecular complexity index is 609. The van der Waals surface area contributed by atoms with Gasteiger partial charge in [-0.25, -0.2) is 4.68 Å². The Morgan fingerprint density at radius 2 is 2.11 bits per heavy atom. The van der Waals surface area contributed by atoms with Crippen LogP contribution in [0.15, 0.2) is 30.3 Å². The SMILES string of the molecule is N#Cc1c(Nc2ccccc2)nn2c1NCCCC2. The first kappa shape index (κ1) is 11.6. The number of fused-ring (bicyclic) bond motifs is 1. The van der Waals surface area contributed by atoms with Crippen molar-refractivity contribution >= 4 is 17.3 Å². The molecule has 0 saturated carbocycles. The molecule has 1 aromatic heterocycles. The van der Waals surface area contributed by atoms with Crippen molar-refractivity contribution < 1.29 is 0 Å². The third-order valence-corrected chi connectivity index (χ3v) is 3.19. The monoisotopic (exact) mass is 253 g/mol. The van der Waals surface area contributed by atoms with E-state index < -0.39 is 0 Å². The molecule has 1 aliphatic heterocycles. The van der Waals surface area contributed by atoms with E-state index in [4.69, 9.17) is 0 Å². The second kappa shape index (κ2) is 5.02. The lowest BCUT2D eigenvalue weighted by Gasteiger charge is -2.03. The Morgan fingerprint density at radius 3 is 2.89 bits per heavy atom. The van der Waals surface area contributed by atoms with E-state index in [2.05, 4.69) is 21.8 Å². The maximum atomic E-state index is 9.35. The number of aryl methyl sites for hydroxylation is 1. The minimum atomic E-state index is 0.589. The molecule has 0 aliphatic carbocycles. The van der Waals surface area contributed by atoms with Crippen molar-refractivity contribution in [3.63, 3.8) is 0 Å². The van der Waals surface area contributed by atoms with Crippen LogP contribution in [0.1, 0.15) is 18.4 Å². The van der Waals surface area contributed by atoms with E-state index in [1.807, 2.05) is 35.0 Å². The third kappa shape index (κ3) is 2.25. The summed E-state index contributed by atoms with van der Waals surface area (Å²) < 4.78 is 1.89. The number of hydrogen-bond donors (Lipinski definition) is 2. The number of hydrogen-bond acceptors (Lipinski definition) is 4. The van der Waals surface area contributed by atoms with E-state index in [0.717, 1.165) is 37.4 Å². The molecule has 5 heteroatoms. The zero-order valence-corrected chi connectivity index (χ0v) is 10.6. The summed E-state index contributed by atoms with van der Waals surface area (Å²) in [7, 11) is 0. The number of benzene rings is 1. The highest BCUT2D eigenvalue weighted by atomic mass is 15.4. The zero-order chi connectivity index (χ0) is 13.1. The summed E-state index contributed by atoms with van der Waals surface area (Å²) >= 11 is 0. The first-order chi connectivity index (χ1) is 9.38. The first-order valence-electron chi connectivity index (χ1n) is 6.45. The van der Waals surface area contributed by atoms with Crippen LogP contribution in [0.25, 0.3) is 0 Å². The lowest BCUT2D eigenvalue weighted by atomic mass is 10.3. The van der Waals surface area contributed by atoms with Gasteiger partial charge in [0.15, 0.2) is 5.82 Å². The van der Waals surface area contributed by atoms with Gasteiger partial charge >= 0.3 is 0 Å². The molecule has 0 radical (unpaired) electrons. The molecule has 0 atom stereocenters. The molecule has 3 rings (SSSR count). The zero-order valence-electron chi connectivity index (χ0n) is 10.6. The summed E-state index contributed by atoms with van der Waals surface area (Å²) in [4.78, 5) is 0. The number of para-hydroxylation sites is 1. The van der Waals surface area contributed by atoms with Crippen LogP contribution in [0.5, 0.6) is 0 Å². The van der Waals surface area contributed by atoms with Gasteiger partial charge in [-0.2, -0.15) is 10.4 Å². The Labute approximate surface area is 111 Å². The number of rotatable bonds is 2. The highest BCUT2D eigenvalue weighted by Crippen LogP contribution is 2.27. The van der Waals surface area contributed by atoms with E-state index >= 15 is 0 Å². The van der Waals surface area contributed by atoms with Gasteiger partial charge in [-0.3, -0.25) is 0 Å². The summed E-state index contributed by atoms with van der Waals surface area (Å²) in [6.45, 7) is 1.75. The number of anilines is 3. The summed E-state index contributed by atoms with van der Waals surface area (Å²) in [5, 5.41) is 20.3. The van der Waals surface area contributed by atoms with Gasteiger partial charge in [-0.05, 0) is 25.0 Å². The Hall–Kier alpha value is -2.48. The van der Waals surface area contributed by atoms with Crippen molar-refractivity contribution in [1.82, 2.24) is 9.78 Å². The van der Waals surface area contributed by atoms with Gasteiger partial charge in [0.2, 0.25) is 0 Å². The highest BCUT2D eigenvalue weighted by Gasteiger charge is 2.19. The fourth-order valence-corrected chi connectivity index (χ4v) is 2.25. The topological polar surface area (TPSA) is 65.7 Å². The Morgan fingerprint density at radius 1 is 1.26 bits per heavy atom. The molecule has 0 amide bonds. The van der Waals surface area contributed by atoms with Gasteiger partial charge in [0.1, 0.15) is 17.5 Å². The molecular formula is C14H15N5. The molecule has 0 spiro atoms. The molecule has 0 bridgehead atoms. The van der Waals surface area contributed by atoms with Crippen LogP contribution < -0.4 is 10.6 Å². The fourth-order valence-electron chi connectivity index (χ4n) is 2.25. The number of nitrogens with zero attached hydrogens (tertiary/aromatic N) is 3. The minimum absolute atomic E-state index is 0.589. The van der Waals surface area contributed by atoms with Gasteiger partial charge in [0.25, 0.3) is 0 Å². The molecule has 19 heavy (non-hydrogen) atoms.